The van der Waals surface area contributed by atoms with Crippen molar-refractivity contribution in [3.8, 4) is 5.75 Å². The largest absolute Gasteiger partial charge is 0.493 e. The average Bonchev–Trinajstić information content (AvgIpc) is 2.88. The number of hydrogen-bond donors (Lipinski definition) is 5. The Hall–Kier alpha value is -3.51. The summed E-state index contributed by atoms with van der Waals surface area (Å²) in [5.74, 6) is -0.426. The molecule has 1 aliphatic rings. The van der Waals surface area contributed by atoms with Gasteiger partial charge in [0.05, 0.1) is 18.3 Å². The summed E-state index contributed by atoms with van der Waals surface area (Å²) >= 11 is 0. The van der Waals surface area contributed by atoms with Gasteiger partial charge in [-0.2, -0.15) is 0 Å². The lowest BCUT2D eigenvalue weighted by molar-refractivity contribution is -0.122. The van der Waals surface area contributed by atoms with E-state index in [0.717, 1.165) is 12.8 Å². The summed E-state index contributed by atoms with van der Waals surface area (Å²) in [5.41, 5.74) is 6.48. The third-order valence-corrected chi connectivity index (χ3v) is 5.95. The van der Waals surface area contributed by atoms with Crippen LogP contribution in [0.15, 0.2) is 18.2 Å². The zero-order valence-corrected chi connectivity index (χ0v) is 21.5. The predicted octanol–water partition coefficient (Wildman–Crippen LogP) is 2.10. The molecule has 37 heavy (non-hydrogen) atoms. The van der Waals surface area contributed by atoms with Gasteiger partial charge in [-0.1, -0.05) is 6.92 Å². The Morgan fingerprint density at radius 1 is 1.22 bits per heavy atom. The molecule has 0 aliphatic carbocycles. The minimum Gasteiger partial charge on any atom is -0.493 e. The number of anilines is 3. The lowest BCUT2D eigenvalue weighted by atomic mass is 10.1. The van der Waals surface area contributed by atoms with E-state index in [0.29, 0.717) is 49.8 Å². The Bertz CT molecular complexity index is 1080. The predicted molar refractivity (Wildman–Crippen MR) is 139 cm³/mol. The first-order valence-corrected chi connectivity index (χ1v) is 12.5. The quantitative estimate of drug-likeness (QED) is 0.251. The number of amides is 2. The second-order valence-electron chi connectivity index (χ2n) is 8.77. The van der Waals surface area contributed by atoms with Gasteiger partial charge in [0, 0.05) is 43.6 Å². The van der Waals surface area contributed by atoms with Crippen LogP contribution >= 0.6 is 0 Å². The lowest BCUT2D eigenvalue weighted by Gasteiger charge is -2.25. The molecule has 3 rings (SSSR count). The summed E-state index contributed by atoms with van der Waals surface area (Å²) in [6, 6.07) is 3.99. The number of aromatic nitrogens is 2. The van der Waals surface area contributed by atoms with Gasteiger partial charge in [-0.05, 0) is 45.7 Å². The molecule has 0 bridgehead atoms. The van der Waals surface area contributed by atoms with Crippen molar-refractivity contribution in [2.75, 3.05) is 44.0 Å². The van der Waals surface area contributed by atoms with E-state index in [4.69, 9.17) is 15.2 Å². The number of carbonyl (C=O) groups is 2. The van der Waals surface area contributed by atoms with E-state index >= 15 is 0 Å². The number of likely N-dealkylation sites (N-methyl/N-ethyl adjacent to an activating group) is 1. The number of primary amides is 1. The van der Waals surface area contributed by atoms with E-state index in [1.807, 2.05) is 6.92 Å². The number of nitrogens with two attached hydrogens (primary N) is 1. The van der Waals surface area contributed by atoms with E-state index in [-0.39, 0.29) is 41.9 Å². The maximum absolute atomic E-state index is 14.4. The molecule has 6 N–H and O–H groups in total. The molecule has 2 heterocycles. The first kappa shape index (κ1) is 28.1. The molecule has 11 nitrogen and oxygen atoms in total. The number of benzene rings is 1. The molecule has 0 saturated carbocycles. The van der Waals surface area contributed by atoms with Gasteiger partial charge in [-0.15, -0.1) is 0 Å². The van der Waals surface area contributed by atoms with Crippen molar-refractivity contribution >= 4 is 29.1 Å². The molecule has 1 aliphatic heterocycles. The van der Waals surface area contributed by atoms with Crippen molar-refractivity contribution < 1.29 is 23.5 Å². The van der Waals surface area contributed by atoms with Gasteiger partial charge in [-0.25, -0.2) is 14.4 Å². The van der Waals surface area contributed by atoms with Crippen LogP contribution < -0.4 is 31.7 Å². The number of carbonyl (C=O) groups excluding carboxylic acids is 2. The molecule has 1 aromatic heterocycles. The highest BCUT2D eigenvalue weighted by atomic mass is 19.1. The summed E-state index contributed by atoms with van der Waals surface area (Å²) in [6.45, 7) is 5.69. The standard InChI is InChI=1S/C25H36FN7O4/c1-4-20-23(30-17-6-10-36-11-7-17)33-24(21(32-20)22(27)34)31-18-12-16(26)13-19(14-18)37-9-5-8-29-25(35)15(2)28-3/h12-15,17,28H,4-11H2,1-3H3,(H2,27,34)(H,29,35)(H2,30,31,33)/t15-/m0/s1. The molecule has 0 spiro atoms. The van der Waals surface area contributed by atoms with Crippen molar-refractivity contribution in [1.82, 2.24) is 20.6 Å². The highest BCUT2D eigenvalue weighted by Crippen LogP contribution is 2.27. The topological polar surface area (TPSA) is 153 Å². The lowest BCUT2D eigenvalue weighted by Crippen LogP contribution is -2.40. The zero-order valence-electron chi connectivity index (χ0n) is 21.5. The van der Waals surface area contributed by atoms with Crippen LogP contribution in [-0.4, -0.2) is 67.3 Å². The average molecular weight is 518 g/mol. The van der Waals surface area contributed by atoms with Crippen molar-refractivity contribution in [3.63, 3.8) is 0 Å². The summed E-state index contributed by atoms with van der Waals surface area (Å²) in [6.07, 6.45) is 2.74. The Kier molecular flexibility index (Phi) is 10.4. The third-order valence-electron chi connectivity index (χ3n) is 5.95. The Labute approximate surface area is 216 Å². The van der Waals surface area contributed by atoms with Gasteiger partial charge in [0.2, 0.25) is 5.91 Å². The fourth-order valence-electron chi connectivity index (χ4n) is 3.74. The van der Waals surface area contributed by atoms with E-state index in [1.165, 1.54) is 12.1 Å². The summed E-state index contributed by atoms with van der Waals surface area (Å²) in [5, 5.41) is 12.0. The van der Waals surface area contributed by atoms with Crippen molar-refractivity contribution in [3.05, 3.63) is 35.4 Å². The van der Waals surface area contributed by atoms with E-state index in [1.54, 1.807) is 20.0 Å². The second-order valence-corrected chi connectivity index (χ2v) is 8.77. The minimum absolute atomic E-state index is 0.0346. The SMILES string of the molecule is CCc1nc(C(N)=O)c(Nc2cc(F)cc(OCCCNC(=O)[C@H](C)NC)c2)nc1NC1CCOCC1. The van der Waals surface area contributed by atoms with E-state index < -0.39 is 11.7 Å². The fraction of sp³-hybridized carbons (Fsp3) is 0.520. The molecule has 1 atom stereocenters. The van der Waals surface area contributed by atoms with Gasteiger partial charge in [0.15, 0.2) is 17.3 Å². The van der Waals surface area contributed by atoms with Crippen molar-refractivity contribution in [2.24, 2.45) is 5.73 Å². The molecule has 202 valence electrons. The van der Waals surface area contributed by atoms with E-state index in [9.17, 15) is 14.0 Å². The molecule has 1 saturated heterocycles. The van der Waals surface area contributed by atoms with Crippen LogP contribution in [0.1, 0.15) is 49.3 Å². The van der Waals surface area contributed by atoms with Crippen LogP contribution in [0.4, 0.5) is 21.7 Å². The molecule has 1 fully saturated rings. The van der Waals surface area contributed by atoms with Crippen LogP contribution in [0.25, 0.3) is 0 Å². The highest BCUT2D eigenvalue weighted by Gasteiger charge is 2.21. The van der Waals surface area contributed by atoms with Gasteiger partial charge < -0.3 is 36.5 Å². The van der Waals surface area contributed by atoms with Gasteiger partial charge >= 0.3 is 0 Å². The van der Waals surface area contributed by atoms with E-state index in [2.05, 4.69) is 31.2 Å². The first-order chi connectivity index (χ1) is 17.8. The maximum Gasteiger partial charge on any atom is 0.271 e. The van der Waals surface area contributed by atoms with Crippen LogP contribution in [0, 0.1) is 5.82 Å². The Morgan fingerprint density at radius 3 is 2.65 bits per heavy atom. The molecule has 0 unspecified atom stereocenters. The molecule has 1 aromatic carbocycles. The number of aryl methyl sites for hydroxylation is 1. The number of nitrogens with one attached hydrogen (secondary N) is 4. The maximum atomic E-state index is 14.4. The number of nitrogens with zero attached hydrogens (tertiary/aromatic N) is 2. The van der Waals surface area contributed by atoms with Crippen LogP contribution in [-0.2, 0) is 16.0 Å². The van der Waals surface area contributed by atoms with Gasteiger partial charge in [0.25, 0.3) is 5.91 Å². The number of ether oxygens (including phenoxy) is 2. The molecule has 2 amide bonds. The van der Waals surface area contributed by atoms with Crippen LogP contribution in [0.5, 0.6) is 5.75 Å². The fourth-order valence-corrected chi connectivity index (χ4v) is 3.74. The van der Waals surface area contributed by atoms with Crippen LogP contribution in [0.2, 0.25) is 0 Å². The minimum atomic E-state index is -0.746. The summed E-state index contributed by atoms with van der Waals surface area (Å²) < 4.78 is 25.5. The van der Waals surface area contributed by atoms with Crippen molar-refractivity contribution in [2.45, 2.75) is 51.6 Å². The Morgan fingerprint density at radius 2 is 1.97 bits per heavy atom. The van der Waals surface area contributed by atoms with Crippen molar-refractivity contribution in [1.29, 1.82) is 0 Å². The zero-order chi connectivity index (χ0) is 26.8. The van der Waals surface area contributed by atoms with Gasteiger partial charge in [-0.3, -0.25) is 9.59 Å². The number of rotatable bonds is 13. The molecular weight excluding hydrogens is 481 g/mol. The molecule has 2 aromatic rings. The number of halogens is 1. The Balaban J connectivity index is 1.71. The van der Waals surface area contributed by atoms with Gasteiger partial charge in [0.1, 0.15) is 11.6 Å². The van der Waals surface area contributed by atoms with Crippen LogP contribution in [0.3, 0.4) is 0 Å². The summed E-state index contributed by atoms with van der Waals surface area (Å²) in [4.78, 5) is 33.0. The summed E-state index contributed by atoms with van der Waals surface area (Å²) in [7, 11) is 1.71. The normalized spacial score (nSPS) is 14.6. The smallest absolute Gasteiger partial charge is 0.271 e. The second kappa shape index (κ2) is 13.7. The first-order valence-electron chi connectivity index (χ1n) is 12.5. The third kappa shape index (κ3) is 8.25. The monoisotopic (exact) mass is 517 g/mol. The molecule has 0 radical (unpaired) electrons. The number of hydrogen-bond acceptors (Lipinski definition) is 9. The molecular formula is C25H36FN7O4. The highest BCUT2D eigenvalue weighted by molar-refractivity contribution is 5.96. The molecule has 12 heteroatoms.